The molecule has 1 aromatic heterocycles. The van der Waals surface area contributed by atoms with E-state index in [0.717, 1.165) is 30.2 Å². The minimum absolute atomic E-state index is 0.0218. The van der Waals surface area contributed by atoms with Crippen LogP contribution in [0.15, 0.2) is 35.2 Å². The van der Waals surface area contributed by atoms with Crippen LogP contribution in [0, 0.1) is 0 Å². The summed E-state index contributed by atoms with van der Waals surface area (Å²) in [5.74, 6) is 1.75. The highest BCUT2D eigenvalue weighted by molar-refractivity contribution is 8.00. The van der Waals surface area contributed by atoms with Gasteiger partial charge in [0.05, 0.1) is 18.4 Å². The molecule has 24 heavy (non-hydrogen) atoms. The first-order valence-electron chi connectivity index (χ1n) is 8.24. The minimum Gasteiger partial charge on any atom is -0.381 e. The van der Waals surface area contributed by atoms with Crippen LogP contribution < -0.4 is 5.32 Å². The Balaban J connectivity index is 1.52. The summed E-state index contributed by atoms with van der Waals surface area (Å²) in [6, 6.07) is 9.98. The van der Waals surface area contributed by atoms with Crippen molar-refractivity contribution in [2.24, 2.45) is 0 Å². The Morgan fingerprint density at radius 3 is 3.00 bits per heavy atom. The van der Waals surface area contributed by atoms with Gasteiger partial charge in [0.25, 0.3) is 0 Å². The Hall–Kier alpha value is -1.86. The zero-order valence-corrected chi connectivity index (χ0v) is 14.5. The molecule has 0 radical (unpaired) electrons. The highest BCUT2D eigenvalue weighted by atomic mass is 32.2. The number of rotatable bonds is 7. The largest absolute Gasteiger partial charge is 0.381 e. The van der Waals surface area contributed by atoms with Gasteiger partial charge in [-0.1, -0.05) is 25.1 Å². The zero-order valence-electron chi connectivity index (χ0n) is 13.7. The first-order valence-corrected chi connectivity index (χ1v) is 9.12. The summed E-state index contributed by atoms with van der Waals surface area (Å²) in [6.07, 6.45) is 1.72. The third kappa shape index (κ3) is 4.36. The molecule has 0 saturated carbocycles. The van der Waals surface area contributed by atoms with Gasteiger partial charge in [0.15, 0.2) is 5.82 Å². The second kappa shape index (κ2) is 8.30. The average Bonchev–Trinajstić information content (AvgIpc) is 3.29. The number of ether oxygens (including phenoxy) is 1. The number of amides is 1. The van der Waals surface area contributed by atoms with Crippen LogP contribution in [-0.4, -0.2) is 39.6 Å². The third-order valence-electron chi connectivity index (χ3n) is 3.96. The highest BCUT2D eigenvalue weighted by Crippen LogP contribution is 2.25. The van der Waals surface area contributed by atoms with Crippen LogP contribution >= 0.6 is 11.8 Å². The van der Waals surface area contributed by atoms with Crippen molar-refractivity contribution in [3.8, 4) is 0 Å². The fraction of sp³-hybridized carbons (Fsp3) is 0.471. The van der Waals surface area contributed by atoms with Gasteiger partial charge < -0.3 is 10.1 Å². The minimum atomic E-state index is -0.113. The molecule has 1 amide bonds. The Kier molecular flexibility index (Phi) is 5.87. The number of hydrogen-bond acceptors (Lipinski definition) is 5. The van der Waals surface area contributed by atoms with Gasteiger partial charge in [0.1, 0.15) is 5.82 Å². The number of thioether (sulfide) groups is 1. The Morgan fingerprint density at radius 2 is 2.29 bits per heavy atom. The summed E-state index contributed by atoms with van der Waals surface area (Å²) in [5.41, 5.74) is 0. The Bertz CT molecular complexity index is 656. The Morgan fingerprint density at radius 1 is 1.46 bits per heavy atom. The van der Waals surface area contributed by atoms with E-state index in [1.54, 1.807) is 11.8 Å². The van der Waals surface area contributed by atoms with Gasteiger partial charge in [-0.15, -0.1) is 11.8 Å². The zero-order chi connectivity index (χ0) is 16.8. The number of nitrogens with zero attached hydrogens (tertiary/aromatic N) is 2. The van der Waals surface area contributed by atoms with E-state index in [-0.39, 0.29) is 17.1 Å². The van der Waals surface area contributed by atoms with Crippen LogP contribution in [0.4, 0.5) is 0 Å². The molecule has 2 atom stereocenters. The summed E-state index contributed by atoms with van der Waals surface area (Å²) in [5, 5.41) is 9.98. The standard InChI is InChI=1S/C17H22N4O2S/c1-2-14(24-13-6-4-3-5-7-13)17(22)18-10-15-19-16(21-20-15)12-8-9-23-11-12/h3-7,12,14H,2,8-11H2,1H3,(H,18,22)(H,19,20,21)/t12-,14-/m1/s1. The summed E-state index contributed by atoms with van der Waals surface area (Å²) in [6.45, 7) is 3.83. The monoisotopic (exact) mass is 346 g/mol. The molecule has 2 aromatic rings. The molecule has 6 nitrogen and oxygen atoms in total. The lowest BCUT2D eigenvalue weighted by atomic mass is 10.1. The van der Waals surface area contributed by atoms with Crippen molar-refractivity contribution in [1.82, 2.24) is 20.5 Å². The van der Waals surface area contributed by atoms with Crippen molar-refractivity contribution < 1.29 is 9.53 Å². The maximum absolute atomic E-state index is 12.4. The van der Waals surface area contributed by atoms with E-state index < -0.39 is 0 Å². The quantitative estimate of drug-likeness (QED) is 0.753. The molecular weight excluding hydrogens is 324 g/mol. The summed E-state index contributed by atoms with van der Waals surface area (Å²) < 4.78 is 5.36. The number of nitrogens with one attached hydrogen (secondary N) is 2. The lowest BCUT2D eigenvalue weighted by Crippen LogP contribution is -2.32. The summed E-state index contributed by atoms with van der Waals surface area (Å²) in [7, 11) is 0. The van der Waals surface area contributed by atoms with E-state index in [1.807, 2.05) is 37.3 Å². The van der Waals surface area contributed by atoms with E-state index in [4.69, 9.17) is 4.74 Å². The molecule has 3 rings (SSSR count). The number of carbonyl (C=O) groups is 1. The molecule has 0 spiro atoms. The van der Waals surface area contributed by atoms with Crippen LogP contribution in [0.5, 0.6) is 0 Å². The van der Waals surface area contributed by atoms with Crippen LogP contribution in [-0.2, 0) is 16.1 Å². The van der Waals surface area contributed by atoms with Gasteiger partial charge in [0.2, 0.25) is 5.91 Å². The van der Waals surface area contributed by atoms with Crippen LogP contribution in [0.3, 0.4) is 0 Å². The lowest BCUT2D eigenvalue weighted by Gasteiger charge is -2.14. The fourth-order valence-corrected chi connectivity index (χ4v) is 3.58. The molecule has 2 N–H and O–H groups in total. The average molecular weight is 346 g/mol. The molecule has 1 aromatic carbocycles. The van der Waals surface area contributed by atoms with E-state index in [1.165, 1.54) is 0 Å². The van der Waals surface area contributed by atoms with Gasteiger partial charge in [-0.2, -0.15) is 5.10 Å². The smallest absolute Gasteiger partial charge is 0.233 e. The second-order valence-electron chi connectivity index (χ2n) is 5.75. The molecule has 1 fully saturated rings. The first-order chi connectivity index (χ1) is 11.8. The van der Waals surface area contributed by atoms with Gasteiger partial charge in [-0.05, 0) is 25.0 Å². The van der Waals surface area contributed by atoms with Crippen molar-refractivity contribution in [3.63, 3.8) is 0 Å². The number of hydrogen-bond donors (Lipinski definition) is 2. The van der Waals surface area contributed by atoms with Crippen LogP contribution in [0.25, 0.3) is 0 Å². The van der Waals surface area contributed by atoms with E-state index in [2.05, 4.69) is 20.5 Å². The van der Waals surface area contributed by atoms with E-state index in [9.17, 15) is 4.79 Å². The lowest BCUT2D eigenvalue weighted by molar-refractivity contribution is -0.120. The fourth-order valence-electron chi connectivity index (χ4n) is 2.58. The van der Waals surface area contributed by atoms with Crippen molar-refractivity contribution in [3.05, 3.63) is 42.0 Å². The molecule has 1 saturated heterocycles. The molecule has 2 heterocycles. The van der Waals surface area contributed by atoms with Gasteiger partial charge in [-0.25, -0.2) is 4.98 Å². The van der Waals surface area contributed by atoms with Gasteiger partial charge in [-0.3, -0.25) is 9.89 Å². The van der Waals surface area contributed by atoms with Crippen molar-refractivity contribution in [2.75, 3.05) is 13.2 Å². The molecule has 1 aliphatic rings. The maximum atomic E-state index is 12.4. The molecular formula is C17H22N4O2S. The molecule has 0 bridgehead atoms. The number of benzene rings is 1. The molecule has 128 valence electrons. The van der Waals surface area contributed by atoms with E-state index in [0.29, 0.717) is 19.0 Å². The Labute approximate surface area is 145 Å². The third-order valence-corrected chi connectivity index (χ3v) is 5.33. The van der Waals surface area contributed by atoms with Crippen molar-refractivity contribution in [1.29, 1.82) is 0 Å². The van der Waals surface area contributed by atoms with Crippen molar-refractivity contribution in [2.45, 2.75) is 42.4 Å². The molecule has 1 aliphatic heterocycles. The highest BCUT2D eigenvalue weighted by Gasteiger charge is 2.22. The number of H-pyrrole nitrogens is 1. The second-order valence-corrected chi connectivity index (χ2v) is 7.02. The SMILES string of the molecule is CC[C@@H](Sc1ccccc1)C(=O)NCc1nc([C@@H]2CCOC2)n[nH]1. The predicted octanol–water partition coefficient (Wildman–Crippen LogP) is 2.50. The molecule has 0 unspecified atom stereocenters. The van der Waals surface area contributed by atoms with Crippen LogP contribution in [0.2, 0.25) is 0 Å². The summed E-state index contributed by atoms with van der Waals surface area (Å²) >= 11 is 1.58. The first kappa shape index (κ1) is 17.0. The van der Waals surface area contributed by atoms with Crippen LogP contribution in [0.1, 0.15) is 37.3 Å². The molecule has 7 heteroatoms. The van der Waals surface area contributed by atoms with Gasteiger partial charge in [0, 0.05) is 17.4 Å². The van der Waals surface area contributed by atoms with Crippen molar-refractivity contribution >= 4 is 17.7 Å². The normalized spacial score (nSPS) is 18.5. The topological polar surface area (TPSA) is 79.9 Å². The number of carbonyl (C=O) groups excluding carboxylic acids is 1. The molecule has 0 aliphatic carbocycles. The van der Waals surface area contributed by atoms with E-state index >= 15 is 0 Å². The maximum Gasteiger partial charge on any atom is 0.233 e. The number of aromatic nitrogens is 3. The number of aromatic amines is 1. The summed E-state index contributed by atoms with van der Waals surface area (Å²) in [4.78, 5) is 18.0. The predicted molar refractivity (Wildman–Crippen MR) is 92.8 cm³/mol. The van der Waals surface area contributed by atoms with Gasteiger partial charge >= 0.3 is 0 Å².